The smallest absolute Gasteiger partial charge is 0.158 e. The van der Waals surface area contributed by atoms with Gasteiger partial charge in [-0.15, -0.1) is 0 Å². The minimum absolute atomic E-state index is 0.119. The van der Waals surface area contributed by atoms with Crippen molar-refractivity contribution in [2.75, 3.05) is 0 Å². The van der Waals surface area contributed by atoms with Crippen molar-refractivity contribution in [3.63, 3.8) is 0 Å². The minimum Gasteiger partial charge on any atom is -0.393 e. The van der Waals surface area contributed by atoms with Crippen LogP contribution >= 0.6 is 0 Å². The standard InChI is InChI=1S/C15H22O2.C10H12O2/c1-9-10-7-8-15(2)12(4-6-14(15)17)11(10)3-5-13(9)16;1-10-5-4-8(11)6-7(10)2-3-9(10)12/h11-12,14,17H,3-8H2,1-2H3;6H,2-5H2,1H3/t11?,12?,14-,15?;/m0./s1. The lowest BCUT2D eigenvalue weighted by Gasteiger charge is -2.46. The van der Waals surface area contributed by atoms with Crippen LogP contribution in [0.4, 0.5) is 0 Å². The first kappa shape index (κ1) is 20.7. The lowest BCUT2D eigenvalue weighted by molar-refractivity contribution is -0.125. The molecule has 3 saturated carbocycles. The fourth-order valence-corrected chi connectivity index (χ4v) is 6.73. The third-order valence-electron chi connectivity index (χ3n) is 8.96. The highest BCUT2D eigenvalue weighted by Gasteiger charge is 2.53. The van der Waals surface area contributed by atoms with Gasteiger partial charge in [0.1, 0.15) is 5.78 Å². The number of hydrogen-bond donors (Lipinski definition) is 1. The van der Waals surface area contributed by atoms with Crippen LogP contribution in [-0.4, -0.2) is 28.6 Å². The molecule has 5 aliphatic carbocycles. The van der Waals surface area contributed by atoms with Crippen LogP contribution < -0.4 is 0 Å². The molecule has 4 unspecified atom stereocenters. The Labute approximate surface area is 173 Å². The largest absolute Gasteiger partial charge is 0.393 e. The summed E-state index contributed by atoms with van der Waals surface area (Å²) in [6.45, 7) is 6.25. The maximum atomic E-state index is 11.8. The maximum absolute atomic E-state index is 11.8. The second kappa shape index (κ2) is 7.30. The monoisotopic (exact) mass is 398 g/mol. The average molecular weight is 399 g/mol. The van der Waals surface area contributed by atoms with Crippen LogP contribution in [0.3, 0.4) is 0 Å². The average Bonchev–Trinajstić information content (AvgIpc) is 3.16. The Morgan fingerprint density at radius 1 is 0.931 bits per heavy atom. The van der Waals surface area contributed by atoms with E-state index in [9.17, 15) is 19.5 Å². The van der Waals surface area contributed by atoms with Gasteiger partial charge in [-0.2, -0.15) is 0 Å². The third kappa shape index (κ3) is 3.28. The van der Waals surface area contributed by atoms with E-state index in [1.54, 1.807) is 6.08 Å². The molecule has 0 amide bonds. The van der Waals surface area contributed by atoms with E-state index in [0.717, 1.165) is 62.5 Å². The number of allylic oxidation sites excluding steroid dienone is 4. The summed E-state index contributed by atoms with van der Waals surface area (Å²) in [5.74, 6) is 2.07. The van der Waals surface area contributed by atoms with E-state index >= 15 is 0 Å². The van der Waals surface area contributed by atoms with Gasteiger partial charge in [-0.25, -0.2) is 0 Å². The number of fused-ring (bicyclic) bond motifs is 4. The van der Waals surface area contributed by atoms with Gasteiger partial charge < -0.3 is 5.11 Å². The SMILES string of the molecule is CC12CCC(=O)C=C1CCC2=O.CC1=C2CCC3(C)C(CC[C@@H]3O)C2CCC1=O. The van der Waals surface area contributed by atoms with Crippen LogP contribution in [0.25, 0.3) is 0 Å². The first-order valence-corrected chi connectivity index (χ1v) is 11.3. The van der Waals surface area contributed by atoms with Crippen molar-refractivity contribution in [1.29, 1.82) is 0 Å². The number of ketones is 3. The number of aliphatic hydroxyl groups is 1. The number of aliphatic hydroxyl groups excluding tert-OH is 1. The van der Waals surface area contributed by atoms with E-state index in [0.29, 0.717) is 36.2 Å². The minimum atomic E-state index is -0.270. The van der Waals surface area contributed by atoms with Crippen molar-refractivity contribution in [3.05, 3.63) is 22.8 Å². The Morgan fingerprint density at radius 3 is 2.45 bits per heavy atom. The zero-order chi connectivity index (χ0) is 21.0. The van der Waals surface area contributed by atoms with Crippen molar-refractivity contribution >= 4 is 17.3 Å². The highest BCUT2D eigenvalue weighted by molar-refractivity contribution is 5.99. The van der Waals surface area contributed by atoms with Gasteiger partial charge in [0.15, 0.2) is 11.6 Å². The number of carbonyl (C=O) groups is 3. The molecule has 5 rings (SSSR count). The Bertz CT molecular complexity index is 819. The molecule has 0 aromatic heterocycles. The van der Waals surface area contributed by atoms with Crippen LogP contribution in [0.15, 0.2) is 22.8 Å². The van der Waals surface area contributed by atoms with Crippen molar-refractivity contribution in [1.82, 2.24) is 0 Å². The molecule has 1 N–H and O–H groups in total. The van der Waals surface area contributed by atoms with Crippen molar-refractivity contribution in [3.8, 4) is 0 Å². The summed E-state index contributed by atoms with van der Waals surface area (Å²) < 4.78 is 0. The van der Waals surface area contributed by atoms with E-state index in [4.69, 9.17) is 0 Å². The van der Waals surface area contributed by atoms with E-state index in [-0.39, 0.29) is 22.7 Å². The van der Waals surface area contributed by atoms with E-state index in [1.165, 1.54) is 5.57 Å². The van der Waals surface area contributed by atoms with Crippen LogP contribution in [0.1, 0.15) is 85.0 Å². The highest BCUT2D eigenvalue weighted by atomic mass is 16.3. The summed E-state index contributed by atoms with van der Waals surface area (Å²) in [7, 11) is 0. The number of hydrogen-bond acceptors (Lipinski definition) is 4. The third-order valence-corrected chi connectivity index (χ3v) is 8.96. The normalized spacial score (nSPS) is 41.3. The molecule has 5 aliphatic rings. The lowest BCUT2D eigenvalue weighted by atomic mass is 9.58. The Hall–Kier alpha value is -1.55. The van der Waals surface area contributed by atoms with Gasteiger partial charge in [0.25, 0.3) is 0 Å². The van der Waals surface area contributed by atoms with E-state index < -0.39 is 0 Å². The second-order valence-corrected chi connectivity index (χ2v) is 10.3. The predicted molar refractivity (Wildman–Crippen MR) is 111 cm³/mol. The van der Waals surface area contributed by atoms with Crippen LogP contribution in [0.2, 0.25) is 0 Å². The first-order valence-electron chi connectivity index (χ1n) is 11.3. The molecule has 0 aliphatic heterocycles. The Morgan fingerprint density at radius 2 is 1.69 bits per heavy atom. The molecule has 0 aromatic carbocycles. The summed E-state index contributed by atoms with van der Waals surface area (Å²) >= 11 is 0. The van der Waals surface area contributed by atoms with Gasteiger partial charge in [-0.05, 0) is 87.7 Å². The number of rotatable bonds is 0. The molecule has 4 nitrogen and oxygen atoms in total. The number of Topliss-reactive ketones (excluding diaryl/α,β-unsaturated/α-hetero) is 2. The molecular formula is C25H34O4. The van der Waals surface area contributed by atoms with Crippen molar-refractivity contribution in [2.24, 2.45) is 22.7 Å². The first-order chi connectivity index (χ1) is 13.7. The zero-order valence-corrected chi connectivity index (χ0v) is 18.1. The van der Waals surface area contributed by atoms with E-state index in [2.05, 4.69) is 6.92 Å². The molecule has 0 bridgehead atoms. The molecule has 158 valence electrons. The molecule has 0 aromatic rings. The van der Waals surface area contributed by atoms with Crippen molar-refractivity contribution < 1.29 is 19.5 Å². The molecule has 0 radical (unpaired) electrons. The van der Waals surface area contributed by atoms with Crippen LogP contribution in [-0.2, 0) is 14.4 Å². The topological polar surface area (TPSA) is 71.4 Å². The molecule has 5 atom stereocenters. The molecule has 29 heavy (non-hydrogen) atoms. The highest BCUT2D eigenvalue weighted by Crippen LogP contribution is 2.58. The van der Waals surface area contributed by atoms with Gasteiger partial charge in [-0.1, -0.05) is 18.1 Å². The predicted octanol–water partition coefficient (Wildman–Crippen LogP) is 4.50. The van der Waals surface area contributed by atoms with Gasteiger partial charge in [0.05, 0.1) is 6.10 Å². The Balaban J connectivity index is 0.000000150. The quantitative estimate of drug-likeness (QED) is 0.652. The van der Waals surface area contributed by atoms with Crippen LogP contribution in [0.5, 0.6) is 0 Å². The van der Waals surface area contributed by atoms with Gasteiger partial charge >= 0.3 is 0 Å². The van der Waals surface area contributed by atoms with Crippen molar-refractivity contribution in [2.45, 2.75) is 91.1 Å². The summed E-state index contributed by atoms with van der Waals surface area (Å²) in [6.07, 6.45) is 10.2. The molecule has 3 fully saturated rings. The molecule has 0 spiro atoms. The second-order valence-electron chi connectivity index (χ2n) is 10.3. The van der Waals surface area contributed by atoms with Crippen LogP contribution in [0, 0.1) is 22.7 Å². The van der Waals surface area contributed by atoms with Gasteiger partial charge in [0.2, 0.25) is 0 Å². The fraction of sp³-hybridized carbons (Fsp3) is 0.720. The summed E-state index contributed by atoms with van der Waals surface area (Å²) in [5, 5.41) is 10.2. The van der Waals surface area contributed by atoms with Gasteiger partial charge in [0, 0.05) is 24.7 Å². The number of carbonyl (C=O) groups excluding carboxylic acids is 3. The summed E-state index contributed by atoms with van der Waals surface area (Å²) in [5.41, 5.74) is 3.40. The molecular weight excluding hydrogens is 364 g/mol. The maximum Gasteiger partial charge on any atom is 0.158 e. The fourth-order valence-electron chi connectivity index (χ4n) is 6.73. The van der Waals surface area contributed by atoms with Gasteiger partial charge in [-0.3, -0.25) is 14.4 Å². The molecule has 4 heteroatoms. The summed E-state index contributed by atoms with van der Waals surface area (Å²) in [6, 6.07) is 0. The lowest BCUT2D eigenvalue weighted by Crippen LogP contribution is -2.42. The molecule has 0 saturated heterocycles. The Kier molecular flexibility index (Phi) is 5.21. The summed E-state index contributed by atoms with van der Waals surface area (Å²) in [4.78, 5) is 34.3. The molecule has 0 heterocycles. The zero-order valence-electron chi connectivity index (χ0n) is 18.1. The van der Waals surface area contributed by atoms with E-state index in [1.807, 2.05) is 13.8 Å².